The van der Waals surface area contributed by atoms with E-state index in [0.29, 0.717) is 0 Å². The third kappa shape index (κ3) is 3.89. The standard InChI is InChI=1S/C16H24N2O2/c1-13-8-7-9-15(14(13)2)20-12-17-16(19)18-10-5-3-4-6-11-18/h7-9H,3-6,10-12H2,1-2H3,(H,17,19). The zero-order chi connectivity index (χ0) is 14.4. The normalized spacial score (nSPS) is 15.6. The zero-order valence-electron chi connectivity index (χ0n) is 12.4. The van der Waals surface area contributed by atoms with Crippen LogP contribution in [0.4, 0.5) is 4.79 Å². The lowest BCUT2D eigenvalue weighted by molar-refractivity contribution is 0.186. The molecule has 1 saturated heterocycles. The number of rotatable bonds is 3. The van der Waals surface area contributed by atoms with E-state index >= 15 is 0 Å². The molecule has 4 heteroatoms. The van der Waals surface area contributed by atoms with Crippen LogP contribution in [0.5, 0.6) is 5.75 Å². The van der Waals surface area contributed by atoms with Gasteiger partial charge >= 0.3 is 6.03 Å². The molecule has 2 amide bonds. The molecular weight excluding hydrogens is 252 g/mol. The predicted molar refractivity (Wildman–Crippen MR) is 80.0 cm³/mol. The van der Waals surface area contributed by atoms with Gasteiger partial charge in [-0.25, -0.2) is 4.79 Å². The van der Waals surface area contributed by atoms with Gasteiger partial charge < -0.3 is 15.0 Å². The number of ether oxygens (including phenoxy) is 1. The van der Waals surface area contributed by atoms with Crippen LogP contribution < -0.4 is 10.1 Å². The topological polar surface area (TPSA) is 41.6 Å². The van der Waals surface area contributed by atoms with Crippen LogP contribution in [-0.4, -0.2) is 30.8 Å². The first-order valence-corrected chi connectivity index (χ1v) is 7.40. The molecule has 0 spiro atoms. The summed E-state index contributed by atoms with van der Waals surface area (Å²) >= 11 is 0. The second-order valence-corrected chi connectivity index (χ2v) is 5.37. The molecule has 0 atom stereocenters. The van der Waals surface area contributed by atoms with E-state index in [2.05, 4.69) is 18.3 Å². The van der Waals surface area contributed by atoms with Gasteiger partial charge in [0.05, 0.1) is 0 Å². The van der Waals surface area contributed by atoms with Crippen molar-refractivity contribution >= 4 is 6.03 Å². The van der Waals surface area contributed by atoms with Gasteiger partial charge in [0.2, 0.25) is 0 Å². The number of amides is 2. The minimum absolute atomic E-state index is 0.0165. The molecule has 1 aromatic rings. The van der Waals surface area contributed by atoms with Crippen molar-refractivity contribution in [2.75, 3.05) is 19.8 Å². The lowest BCUT2D eigenvalue weighted by Gasteiger charge is -2.21. The van der Waals surface area contributed by atoms with Crippen LogP contribution in [0.1, 0.15) is 36.8 Å². The van der Waals surface area contributed by atoms with Gasteiger partial charge in [-0.1, -0.05) is 25.0 Å². The summed E-state index contributed by atoms with van der Waals surface area (Å²) in [6.45, 7) is 6.02. The summed E-state index contributed by atoms with van der Waals surface area (Å²) in [5.74, 6) is 0.834. The van der Waals surface area contributed by atoms with Crippen molar-refractivity contribution in [3.8, 4) is 5.75 Å². The fourth-order valence-corrected chi connectivity index (χ4v) is 2.44. The predicted octanol–water partition coefficient (Wildman–Crippen LogP) is 3.23. The third-order valence-corrected chi connectivity index (χ3v) is 3.90. The molecular formula is C16H24N2O2. The van der Waals surface area contributed by atoms with Crippen LogP contribution in [0.2, 0.25) is 0 Å². The summed E-state index contributed by atoms with van der Waals surface area (Å²) in [5, 5.41) is 2.84. The van der Waals surface area contributed by atoms with E-state index in [0.717, 1.165) is 37.2 Å². The van der Waals surface area contributed by atoms with Crippen LogP contribution in [0.25, 0.3) is 0 Å². The Morgan fingerprint density at radius 1 is 1.20 bits per heavy atom. The number of hydrogen-bond acceptors (Lipinski definition) is 2. The molecule has 0 aliphatic carbocycles. The van der Waals surface area contributed by atoms with Crippen LogP contribution in [0.3, 0.4) is 0 Å². The fourth-order valence-electron chi connectivity index (χ4n) is 2.44. The van der Waals surface area contributed by atoms with Crippen molar-refractivity contribution in [1.29, 1.82) is 0 Å². The van der Waals surface area contributed by atoms with Crippen molar-refractivity contribution in [2.45, 2.75) is 39.5 Å². The maximum Gasteiger partial charge on any atom is 0.320 e. The van der Waals surface area contributed by atoms with Gasteiger partial charge in [-0.3, -0.25) is 0 Å². The summed E-state index contributed by atoms with van der Waals surface area (Å²) in [5.41, 5.74) is 2.32. The summed E-state index contributed by atoms with van der Waals surface area (Å²) < 4.78 is 5.65. The first-order chi connectivity index (χ1) is 9.68. The fraction of sp³-hybridized carbons (Fsp3) is 0.562. The molecule has 1 heterocycles. The summed E-state index contributed by atoms with van der Waals surface area (Å²) in [6, 6.07) is 5.93. The molecule has 1 aliphatic heterocycles. The van der Waals surface area contributed by atoms with Gasteiger partial charge in [-0.05, 0) is 43.9 Å². The second-order valence-electron chi connectivity index (χ2n) is 5.37. The Hall–Kier alpha value is -1.71. The Morgan fingerprint density at radius 2 is 1.90 bits per heavy atom. The third-order valence-electron chi connectivity index (χ3n) is 3.90. The van der Waals surface area contributed by atoms with E-state index in [9.17, 15) is 4.79 Å². The van der Waals surface area contributed by atoms with Crippen LogP contribution in [0, 0.1) is 13.8 Å². The Labute approximate surface area is 121 Å². The molecule has 1 N–H and O–H groups in total. The monoisotopic (exact) mass is 276 g/mol. The minimum atomic E-state index is -0.0165. The van der Waals surface area contributed by atoms with Gasteiger partial charge in [0.1, 0.15) is 5.75 Å². The average molecular weight is 276 g/mol. The molecule has 110 valence electrons. The van der Waals surface area contributed by atoms with Gasteiger partial charge in [0.25, 0.3) is 0 Å². The highest BCUT2D eigenvalue weighted by molar-refractivity contribution is 5.74. The maximum atomic E-state index is 12.0. The first kappa shape index (κ1) is 14.7. The Kier molecular flexibility index (Phi) is 5.27. The molecule has 0 aromatic heterocycles. The number of nitrogens with one attached hydrogen (secondary N) is 1. The largest absolute Gasteiger partial charge is 0.473 e. The lowest BCUT2D eigenvalue weighted by Crippen LogP contribution is -2.42. The molecule has 4 nitrogen and oxygen atoms in total. The zero-order valence-corrected chi connectivity index (χ0v) is 12.4. The number of aryl methyl sites for hydroxylation is 1. The molecule has 1 aliphatic rings. The van der Waals surface area contributed by atoms with Crippen molar-refractivity contribution in [2.24, 2.45) is 0 Å². The van der Waals surface area contributed by atoms with Crippen LogP contribution in [0.15, 0.2) is 18.2 Å². The van der Waals surface area contributed by atoms with Crippen molar-refractivity contribution in [3.05, 3.63) is 29.3 Å². The number of benzene rings is 1. The van der Waals surface area contributed by atoms with Crippen molar-refractivity contribution in [3.63, 3.8) is 0 Å². The quantitative estimate of drug-likeness (QED) is 0.861. The van der Waals surface area contributed by atoms with E-state index in [1.54, 1.807) is 0 Å². The molecule has 0 radical (unpaired) electrons. The van der Waals surface area contributed by atoms with E-state index < -0.39 is 0 Å². The van der Waals surface area contributed by atoms with Gasteiger partial charge in [0, 0.05) is 13.1 Å². The van der Waals surface area contributed by atoms with E-state index in [1.807, 2.05) is 24.0 Å². The molecule has 0 saturated carbocycles. The van der Waals surface area contributed by atoms with Gasteiger partial charge in [-0.15, -0.1) is 0 Å². The van der Waals surface area contributed by atoms with Gasteiger partial charge in [0.15, 0.2) is 6.73 Å². The van der Waals surface area contributed by atoms with E-state index in [-0.39, 0.29) is 12.8 Å². The minimum Gasteiger partial charge on any atom is -0.473 e. The van der Waals surface area contributed by atoms with Crippen molar-refractivity contribution in [1.82, 2.24) is 10.2 Å². The molecule has 1 fully saturated rings. The second kappa shape index (κ2) is 7.17. The van der Waals surface area contributed by atoms with E-state index in [1.165, 1.54) is 18.4 Å². The number of likely N-dealkylation sites (tertiary alicyclic amines) is 1. The number of hydrogen-bond donors (Lipinski definition) is 1. The summed E-state index contributed by atoms with van der Waals surface area (Å²) in [6.07, 6.45) is 4.65. The number of carbonyl (C=O) groups excluding carboxylic acids is 1. The summed E-state index contributed by atoms with van der Waals surface area (Å²) in [4.78, 5) is 13.9. The Balaban J connectivity index is 1.80. The molecule has 0 unspecified atom stereocenters. The van der Waals surface area contributed by atoms with Gasteiger partial charge in [-0.2, -0.15) is 0 Å². The summed E-state index contributed by atoms with van der Waals surface area (Å²) in [7, 11) is 0. The average Bonchev–Trinajstić information content (AvgIpc) is 2.72. The molecule has 1 aromatic carbocycles. The molecule has 20 heavy (non-hydrogen) atoms. The number of nitrogens with zero attached hydrogens (tertiary/aromatic N) is 1. The highest BCUT2D eigenvalue weighted by Crippen LogP contribution is 2.20. The lowest BCUT2D eigenvalue weighted by atomic mass is 10.1. The Bertz CT molecular complexity index is 452. The van der Waals surface area contributed by atoms with Crippen molar-refractivity contribution < 1.29 is 9.53 Å². The molecule has 0 bridgehead atoms. The highest BCUT2D eigenvalue weighted by Gasteiger charge is 2.14. The SMILES string of the molecule is Cc1cccc(OCNC(=O)N2CCCCCC2)c1C. The highest BCUT2D eigenvalue weighted by atomic mass is 16.5. The van der Waals surface area contributed by atoms with Crippen LogP contribution in [-0.2, 0) is 0 Å². The number of urea groups is 1. The van der Waals surface area contributed by atoms with Crippen LogP contribution >= 0.6 is 0 Å². The first-order valence-electron chi connectivity index (χ1n) is 7.40. The molecule has 2 rings (SSSR count). The smallest absolute Gasteiger partial charge is 0.320 e. The Morgan fingerprint density at radius 3 is 2.60 bits per heavy atom. The van der Waals surface area contributed by atoms with E-state index in [4.69, 9.17) is 4.74 Å². The number of carbonyl (C=O) groups is 1. The maximum absolute atomic E-state index is 12.0.